The zero-order valence-electron chi connectivity index (χ0n) is 12.1. The predicted molar refractivity (Wildman–Crippen MR) is 107 cm³/mol. The minimum atomic E-state index is -0.220. The van der Waals surface area contributed by atoms with Gasteiger partial charge in [-0.1, -0.05) is 6.07 Å². The van der Waals surface area contributed by atoms with Gasteiger partial charge in [0.1, 0.15) is 5.75 Å². The van der Waals surface area contributed by atoms with Crippen LogP contribution in [0.25, 0.3) is 11.6 Å². The van der Waals surface area contributed by atoms with Gasteiger partial charge in [0, 0.05) is 5.56 Å². The normalized spacial score (nSPS) is 14.4. The molecule has 2 aromatic rings. The number of carbonyl (C=O) groups is 1. The van der Waals surface area contributed by atoms with Crippen LogP contribution in [0.1, 0.15) is 11.1 Å². The molecular weight excluding hydrogens is 458 g/mol. The van der Waals surface area contributed by atoms with Crippen molar-refractivity contribution in [3.8, 4) is 5.75 Å². The summed E-state index contributed by atoms with van der Waals surface area (Å²) >= 11 is 11.5. The molecule has 1 heterocycles. The fraction of sp³-hybridized carbons (Fsp3) is 0. The Morgan fingerprint density at radius 3 is 2.58 bits per heavy atom. The van der Waals surface area contributed by atoms with E-state index >= 15 is 0 Å². The quantitative estimate of drug-likeness (QED) is 0.394. The second-order valence-electron chi connectivity index (χ2n) is 5.06. The van der Waals surface area contributed by atoms with Gasteiger partial charge in [0.15, 0.2) is 5.11 Å². The summed E-state index contributed by atoms with van der Waals surface area (Å²) in [6.07, 6.45) is 1.74. The predicted octanol–water partition coefficient (Wildman–Crippen LogP) is 4.07. The van der Waals surface area contributed by atoms with Crippen molar-refractivity contribution in [1.29, 1.82) is 0 Å². The Morgan fingerprint density at radius 1 is 1.29 bits per heavy atom. The number of fused-ring (bicyclic) bond motifs is 1. The number of aromatic hydroxyl groups is 1. The fourth-order valence-corrected chi connectivity index (χ4v) is 3.79. The average Bonchev–Trinajstić information content (AvgIpc) is 2.81. The van der Waals surface area contributed by atoms with E-state index < -0.39 is 0 Å². The molecule has 0 fully saturated rings. The standard InChI is InChI=1S/C16H11Br2N3O2S/c17-9-5-7(6-10(18)14(9)22)4-8-13-11(20-15(8)23)2-1-3-12(13)21-16(19)24/h1-6,22H,(H,20,23)(H3,19,21,24)/b8-4-. The maximum Gasteiger partial charge on any atom is 0.256 e. The summed E-state index contributed by atoms with van der Waals surface area (Å²) in [5.41, 5.74) is 8.83. The molecule has 8 heteroatoms. The van der Waals surface area contributed by atoms with Gasteiger partial charge in [-0.2, -0.15) is 0 Å². The second-order valence-corrected chi connectivity index (χ2v) is 7.21. The van der Waals surface area contributed by atoms with E-state index in [1.165, 1.54) is 0 Å². The Kier molecular flexibility index (Phi) is 4.62. The van der Waals surface area contributed by atoms with Crippen LogP contribution < -0.4 is 16.4 Å². The highest BCUT2D eigenvalue weighted by Gasteiger charge is 2.27. The molecule has 0 unspecified atom stereocenters. The van der Waals surface area contributed by atoms with E-state index in [2.05, 4.69) is 42.5 Å². The van der Waals surface area contributed by atoms with Crippen LogP contribution in [0.15, 0.2) is 39.3 Å². The van der Waals surface area contributed by atoms with E-state index in [9.17, 15) is 9.90 Å². The molecule has 0 spiro atoms. The summed E-state index contributed by atoms with van der Waals surface area (Å²) in [6, 6.07) is 8.86. The fourth-order valence-electron chi connectivity index (χ4n) is 2.46. The molecule has 5 nitrogen and oxygen atoms in total. The molecule has 1 aliphatic rings. The van der Waals surface area contributed by atoms with Crippen molar-refractivity contribution < 1.29 is 9.90 Å². The number of rotatable bonds is 2. The Labute approximate surface area is 160 Å². The smallest absolute Gasteiger partial charge is 0.256 e. The number of thiocarbonyl (C=S) groups is 1. The number of halogens is 2. The Bertz CT molecular complexity index is 889. The molecule has 0 atom stereocenters. The zero-order chi connectivity index (χ0) is 17.4. The SMILES string of the molecule is NC(=S)Nc1cccc2c1/C(=C/c1cc(Br)c(O)c(Br)c1)C(=O)N2. The minimum Gasteiger partial charge on any atom is -0.506 e. The number of carbonyl (C=O) groups excluding carboxylic acids is 1. The van der Waals surface area contributed by atoms with Crippen molar-refractivity contribution in [2.24, 2.45) is 5.73 Å². The topological polar surface area (TPSA) is 87.4 Å². The summed E-state index contributed by atoms with van der Waals surface area (Å²) in [7, 11) is 0. The molecule has 2 aromatic carbocycles. The maximum absolute atomic E-state index is 12.4. The second kappa shape index (κ2) is 6.54. The molecule has 0 aromatic heterocycles. The number of benzene rings is 2. The summed E-state index contributed by atoms with van der Waals surface area (Å²) < 4.78 is 1.05. The molecule has 5 N–H and O–H groups in total. The van der Waals surface area contributed by atoms with Crippen LogP contribution in [0.3, 0.4) is 0 Å². The average molecular weight is 469 g/mol. The van der Waals surface area contributed by atoms with Crippen LogP contribution >= 0.6 is 44.1 Å². The monoisotopic (exact) mass is 467 g/mol. The molecule has 1 amide bonds. The minimum absolute atomic E-state index is 0.101. The summed E-state index contributed by atoms with van der Waals surface area (Å²) in [6.45, 7) is 0. The molecule has 122 valence electrons. The van der Waals surface area contributed by atoms with Gasteiger partial charge in [0.05, 0.1) is 25.9 Å². The molecule has 3 rings (SSSR count). The van der Waals surface area contributed by atoms with Crippen LogP contribution in [0.4, 0.5) is 11.4 Å². The molecule has 0 saturated heterocycles. The third kappa shape index (κ3) is 3.17. The molecule has 0 saturated carbocycles. The van der Waals surface area contributed by atoms with E-state index in [-0.39, 0.29) is 16.8 Å². The van der Waals surface area contributed by atoms with E-state index in [4.69, 9.17) is 18.0 Å². The first kappa shape index (κ1) is 16.9. The number of phenolic OH excluding ortho intramolecular Hbond substituents is 1. The number of amides is 1. The van der Waals surface area contributed by atoms with E-state index in [1.54, 1.807) is 30.3 Å². The van der Waals surface area contributed by atoms with Gasteiger partial charge in [-0.3, -0.25) is 4.79 Å². The number of anilines is 2. The lowest BCUT2D eigenvalue weighted by Gasteiger charge is -2.10. The van der Waals surface area contributed by atoms with Crippen LogP contribution in [-0.2, 0) is 4.79 Å². The third-order valence-corrected chi connectivity index (χ3v) is 4.75. The largest absolute Gasteiger partial charge is 0.506 e. The first-order valence-electron chi connectivity index (χ1n) is 6.77. The lowest BCUT2D eigenvalue weighted by molar-refractivity contribution is -0.110. The van der Waals surface area contributed by atoms with E-state index in [0.717, 1.165) is 5.56 Å². The van der Waals surface area contributed by atoms with Gasteiger partial charge in [-0.05, 0) is 80.0 Å². The van der Waals surface area contributed by atoms with E-state index in [0.29, 0.717) is 31.5 Å². The number of phenols is 1. The van der Waals surface area contributed by atoms with Gasteiger partial charge in [-0.25, -0.2) is 0 Å². The number of hydrogen-bond acceptors (Lipinski definition) is 3. The Morgan fingerprint density at radius 2 is 1.96 bits per heavy atom. The lowest BCUT2D eigenvalue weighted by Crippen LogP contribution is -2.19. The Hall–Kier alpha value is -1.90. The van der Waals surface area contributed by atoms with Crippen LogP contribution in [0.5, 0.6) is 5.75 Å². The van der Waals surface area contributed by atoms with Crippen LogP contribution in [-0.4, -0.2) is 16.1 Å². The molecule has 0 bridgehead atoms. The first-order valence-corrected chi connectivity index (χ1v) is 8.77. The molecule has 0 aliphatic carbocycles. The molecular formula is C16H11Br2N3O2S. The summed E-state index contributed by atoms with van der Waals surface area (Å²) in [4.78, 5) is 12.4. The van der Waals surface area contributed by atoms with Crippen molar-refractivity contribution in [1.82, 2.24) is 0 Å². The molecule has 24 heavy (non-hydrogen) atoms. The van der Waals surface area contributed by atoms with Crippen molar-refractivity contribution in [3.63, 3.8) is 0 Å². The van der Waals surface area contributed by atoms with Gasteiger partial charge < -0.3 is 21.5 Å². The van der Waals surface area contributed by atoms with Crippen LogP contribution in [0, 0.1) is 0 Å². The lowest BCUT2D eigenvalue weighted by atomic mass is 10.0. The van der Waals surface area contributed by atoms with Crippen molar-refractivity contribution in [3.05, 3.63) is 50.4 Å². The third-order valence-electron chi connectivity index (χ3n) is 3.43. The highest BCUT2D eigenvalue weighted by molar-refractivity contribution is 9.11. The van der Waals surface area contributed by atoms with Gasteiger partial charge in [-0.15, -0.1) is 0 Å². The maximum atomic E-state index is 12.4. The number of nitrogens with two attached hydrogens (primary N) is 1. The number of nitrogens with one attached hydrogen (secondary N) is 2. The van der Waals surface area contributed by atoms with Crippen molar-refractivity contribution >= 4 is 78.1 Å². The van der Waals surface area contributed by atoms with Crippen molar-refractivity contribution in [2.75, 3.05) is 10.6 Å². The van der Waals surface area contributed by atoms with Crippen LogP contribution in [0.2, 0.25) is 0 Å². The van der Waals surface area contributed by atoms with Gasteiger partial charge >= 0.3 is 0 Å². The van der Waals surface area contributed by atoms with Crippen molar-refractivity contribution in [2.45, 2.75) is 0 Å². The van der Waals surface area contributed by atoms with Gasteiger partial charge in [0.25, 0.3) is 5.91 Å². The highest BCUT2D eigenvalue weighted by atomic mass is 79.9. The first-order chi connectivity index (χ1) is 11.4. The Balaban J connectivity index is 2.14. The molecule has 1 aliphatic heterocycles. The number of hydrogen-bond donors (Lipinski definition) is 4. The van der Waals surface area contributed by atoms with Gasteiger partial charge in [0.2, 0.25) is 0 Å². The van der Waals surface area contributed by atoms with E-state index in [1.807, 2.05) is 6.07 Å². The highest BCUT2D eigenvalue weighted by Crippen LogP contribution is 2.40. The zero-order valence-corrected chi connectivity index (χ0v) is 16.0. The molecule has 0 radical (unpaired) electrons. The summed E-state index contributed by atoms with van der Waals surface area (Å²) in [5.74, 6) is -0.119. The summed E-state index contributed by atoms with van der Waals surface area (Å²) in [5, 5.41) is 15.6.